The molecule has 1 aliphatic heterocycles. The van der Waals surface area contributed by atoms with Gasteiger partial charge >= 0.3 is 0 Å². The van der Waals surface area contributed by atoms with Crippen LogP contribution in [0.15, 0.2) is 59.5 Å². The largest absolute Gasteiger partial charge is 0.339 e. The third-order valence-corrected chi connectivity index (χ3v) is 6.74. The number of carbonyl (C=O) groups is 1. The van der Waals surface area contributed by atoms with Crippen molar-refractivity contribution in [2.24, 2.45) is 0 Å². The fourth-order valence-electron chi connectivity index (χ4n) is 3.17. The number of nitrogens with one attached hydrogen (secondary N) is 2. The second-order valence-electron chi connectivity index (χ2n) is 6.95. The Bertz CT molecular complexity index is 1060. The van der Waals surface area contributed by atoms with Gasteiger partial charge in [0.15, 0.2) is 0 Å². The van der Waals surface area contributed by atoms with Crippen molar-refractivity contribution in [1.82, 2.24) is 9.62 Å². The molecule has 0 radical (unpaired) electrons. The number of rotatable bonds is 6. The number of hydrogen-bond donors (Lipinski definition) is 2. The lowest BCUT2D eigenvalue weighted by Gasteiger charge is -2.32. The van der Waals surface area contributed by atoms with E-state index in [2.05, 4.69) is 9.44 Å². The maximum absolute atomic E-state index is 12.7. The first-order chi connectivity index (χ1) is 13.6. The average molecular weight is 438 g/mol. The molecule has 0 unspecified atom stereocenters. The van der Waals surface area contributed by atoms with Gasteiger partial charge in [0, 0.05) is 30.4 Å². The molecule has 2 N–H and O–H groups in total. The van der Waals surface area contributed by atoms with Gasteiger partial charge in [-0.05, 0) is 49.2 Å². The van der Waals surface area contributed by atoms with Crippen LogP contribution in [0, 0.1) is 0 Å². The van der Waals surface area contributed by atoms with Crippen molar-refractivity contribution in [1.29, 1.82) is 0 Å². The summed E-state index contributed by atoms with van der Waals surface area (Å²) >= 11 is 0. The molecular formula is C19H23N3O5S2. The van der Waals surface area contributed by atoms with Gasteiger partial charge in [-0.25, -0.2) is 21.6 Å². The summed E-state index contributed by atoms with van der Waals surface area (Å²) in [5.74, 6) is -0.166. The van der Waals surface area contributed by atoms with E-state index in [1.807, 2.05) is 0 Å². The Labute approximate surface area is 171 Å². The predicted molar refractivity (Wildman–Crippen MR) is 111 cm³/mol. The van der Waals surface area contributed by atoms with Gasteiger partial charge < -0.3 is 4.90 Å². The standard InChI is InChI=1S/C19H23N3O5S2/c1-28(24,25)20-16-9-7-15(8-10-16)19(23)22-13-11-17(12-14-22)21-29(26,27)18-5-3-2-4-6-18/h2-10,17,20-21H,11-14H2,1H3. The molecule has 2 aromatic carbocycles. The van der Waals surface area contributed by atoms with E-state index in [0.717, 1.165) is 6.26 Å². The number of benzene rings is 2. The van der Waals surface area contributed by atoms with Gasteiger partial charge in [0.05, 0.1) is 11.2 Å². The van der Waals surface area contributed by atoms with E-state index in [-0.39, 0.29) is 16.8 Å². The lowest BCUT2D eigenvalue weighted by molar-refractivity contribution is 0.0711. The first kappa shape index (κ1) is 21.3. The number of carbonyl (C=O) groups excluding carboxylic acids is 1. The molecule has 1 heterocycles. The van der Waals surface area contributed by atoms with Gasteiger partial charge in [-0.2, -0.15) is 0 Å². The third kappa shape index (κ3) is 5.78. The molecule has 29 heavy (non-hydrogen) atoms. The van der Waals surface area contributed by atoms with Crippen LogP contribution in [0.1, 0.15) is 23.2 Å². The Balaban J connectivity index is 1.57. The summed E-state index contributed by atoms with van der Waals surface area (Å²) in [4.78, 5) is 14.6. The van der Waals surface area contributed by atoms with Crippen LogP contribution in [0.3, 0.4) is 0 Å². The molecule has 10 heteroatoms. The zero-order valence-electron chi connectivity index (χ0n) is 15.9. The number of piperidine rings is 1. The second kappa shape index (κ2) is 8.52. The first-order valence-corrected chi connectivity index (χ1v) is 12.5. The summed E-state index contributed by atoms with van der Waals surface area (Å²) in [5, 5.41) is 0. The fourth-order valence-corrected chi connectivity index (χ4v) is 5.06. The Morgan fingerprint density at radius 1 is 0.931 bits per heavy atom. The van der Waals surface area contributed by atoms with E-state index >= 15 is 0 Å². The van der Waals surface area contributed by atoms with Gasteiger partial charge in [-0.15, -0.1) is 0 Å². The van der Waals surface area contributed by atoms with Crippen molar-refractivity contribution in [3.63, 3.8) is 0 Å². The van der Waals surface area contributed by atoms with Crippen LogP contribution < -0.4 is 9.44 Å². The molecule has 0 aromatic heterocycles. The van der Waals surface area contributed by atoms with Crippen LogP contribution in [-0.4, -0.2) is 53.0 Å². The number of amides is 1. The summed E-state index contributed by atoms with van der Waals surface area (Å²) in [6, 6.07) is 14.2. The molecule has 0 atom stereocenters. The van der Waals surface area contributed by atoms with Crippen LogP contribution >= 0.6 is 0 Å². The summed E-state index contributed by atoms with van der Waals surface area (Å²) in [7, 11) is -6.95. The monoisotopic (exact) mass is 437 g/mol. The van der Waals surface area contributed by atoms with Gasteiger partial charge in [-0.1, -0.05) is 18.2 Å². The molecule has 1 amide bonds. The molecule has 8 nitrogen and oxygen atoms in total. The summed E-state index contributed by atoms with van der Waals surface area (Å²) in [6.07, 6.45) is 2.10. The van der Waals surface area contributed by atoms with E-state index in [9.17, 15) is 21.6 Å². The number of anilines is 1. The smallest absolute Gasteiger partial charge is 0.253 e. The Kier molecular flexibility index (Phi) is 6.25. The fraction of sp³-hybridized carbons (Fsp3) is 0.316. The number of hydrogen-bond acceptors (Lipinski definition) is 5. The lowest BCUT2D eigenvalue weighted by atomic mass is 10.0. The van der Waals surface area contributed by atoms with Crippen LogP contribution in [0.2, 0.25) is 0 Å². The maximum atomic E-state index is 12.7. The van der Waals surface area contributed by atoms with Crippen LogP contribution in [0.5, 0.6) is 0 Å². The molecule has 0 saturated carbocycles. The molecule has 0 bridgehead atoms. The topological polar surface area (TPSA) is 113 Å². The molecule has 0 aliphatic carbocycles. The molecule has 2 aromatic rings. The molecule has 0 spiro atoms. The number of likely N-dealkylation sites (tertiary alicyclic amines) is 1. The van der Waals surface area contributed by atoms with Crippen molar-refractivity contribution >= 4 is 31.6 Å². The summed E-state index contributed by atoms with van der Waals surface area (Å²) in [5.41, 5.74) is 0.838. The first-order valence-electron chi connectivity index (χ1n) is 9.08. The molecule has 1 saturated heterocycles. The van der Waals surface area contributed by atoms with E-state index in [0.29, 0.717) is 37.2 Å². The zero-order chi connectivity index (χ0) is 21.1. The van der Waals surface area contributed by atoms with Crippen molar-refractivity contribution in [2.75, 3.05) is 24.1 Å². The molecule has 3 rings (SSSR count). The Hall–Kier alpha value is -2.43. The van der Waals surface area contributed by atoms with Crippen LogP contribution in [0.4, 0.5) is 5.69 Å². The van der Waals surface area contributed by atoms with Gasteiger partial charge in [-0.3, -0.25) is 9.52 Å². The SMILES string of the molecule is CS(=O)(=O)Nc1ccc(C(=O)N2CCC(NS(=O)(=O)c3ccccc3)CC2)cc1. The van der Waals surface area contributed by atoms with Crippen LogP contribution in [-0.2, 0) is 20.0 Å². The van der Waals surface area contributed by atoms with E-state index < -0.39 is 20.0 Å². The minimum atomic E-state index is -3.58. The average Bonchev–Trinajstić information content (AvgIpc) is 2.68. The highest BCUT2D eigenvalue weighted by atomic mass is 32.2. The Morgan fingerprint density at radius 2 is 1.52 bits per heavy atom. The lowest BCUT2D eigenvalue weighted by Crippen LogP contribution is -2.46. The molecular weight excluding hydrogens is 414 g/mol. The van der Waals surface area contributed by atoms with Crippen LogP contribution in [0.25, 0.3) is 0 Å². The normalized spacial score (nSPS) is 15.8. The molecule has 1 aliphatic rings. The van der Waals surface area contributed by atoms with Crippen molar-refractivity contribution in [3.05, 3.63) is 60.2 Å². The molecule has 1 fully saturated rings. The number of sulfonamides is 2. The number of nitrogens with zero attached hydrogens (tertiary/aromatic N) is 1. The minimum absolute atomic E-state index is 0.166. The second-order valence-corrected chi connectivity index (χ2v) is 10.4. The quantitative estimate of drug-likeness (QED) is 0.713. The highest BCUT2D eigenvalue weighted by Gasteiger charge is 2.27. The minimum Gasteiger partial charge on any atom is -0.339 e. The van der Waals surface area contributed by atoms with Crippen molar-refractivity contribution < 1.29 is 21.6 Å². The van der Waals surface area contributed by atoms with Gasteiger partial charge in [0.1, 0.15) is 0 Å². The van der Waals surface area contributed by atoms with Gasteiger partial charge in [0.25, 0.3) is 5.91 Å². The zero-order valence-corrected chi connectivity index (χ0v) is 17.5. The maximum Gasteiger partial charge on any atom is 0.253 e. The van der Waals surface area contributed by atoms with E-state index in [4.69, 9.17) is 0 Å². The summed E-state index contributed by atoms with van der Waals surface area (Å²) in [6.45, 7) is 0.869. The predicted octanol–water partition coefficient (Wildman–Crippen LogP) is 1.64. The summed E-state index contributed by atoms with van der Waals surface area (Å²) < 4.78 is 52.4. The van der Waals surface area contributed by atoms with Gasteiger partial charge in [0.2, 0.25) is 20.0 Å². The highest BCUT2D eigenvalue weighted by molar-refractivity contribution is 7.92. The van der Waals surface area contributed by atoms with E-state index in [1.54, 1.807) is 47.4 Å². The highest BCUT2D eigenvalue weighted by Crippen LogP contribution is 2.18. The third-order valence-electron chi connectivity index (χ3n) is 4.59. The molecule has 156 valence electrons. The Morgan fingerprint density at radius 3 is 2.07 bits per heavy atom. The van der Waals surface area contributed by atoms with Crippen molar-refractivity contribution in [2.45, 2.75) is 23.8 Å². The van der Waals surface area contributed by atoms with E-state index in [1.165, 1.54) is 12.1 Å². The van der Waals surface area contributed by atoms with Crippen molar-refractivity contribution in [3.8, 4) is 0 Å².